The molecule has 1 unspecified atom stereocenters. The van der Waals surface area contributed by atoms with Crippen LogP contribution in [0.3, 0.4) is 0 Å². The fourth-order valence-corrected chi connectivity index (χ4v) is 2.71. The van der Waals surface area contributed by atoms with E-state index in [9.17, 15) is 4.79 Å². The number of hydrogen-bond donors (Lipinski definition) is 0. The molecule has 2 heterocycles. The Morgan fingerprint density at radius 2 is 1.80 bits per heavy atom. The van der Waals surface area contributed by atoms with Crippen molar-refractivity contribution >= 4 is 17.3 Å². The van der Waals surface area contributed by atoms with Crippen molar-refractivity contribution < 1.29 is 9.53 Å². The molecule has 2 aliphatic heterocycles. The van der Waals surface area contributed by atoms with Gasteiger partial charge in [0.2, 0.25) is 5.91 Å². The molecule has 1 atom stereocenters. The van der Waals surface area contributed by atoms with E-state index < -0.39 is 0 Å². The zero-order valence-electron chi connectivity index (χ0n) is 11.3. The van der Waals surface area contributed by atoms with Gasteiger partial charge in [0, 0.05) is 37.4 Å². The summed E-state index contributed by atoms with van der Waals surface area (Å²) in [5.74, 6) is -0.142. The molecule has 5 heteroatoms. The summed E-state index contributed by atoms with van der Waals surface area (Å²) in [7, 11) is 0. The Balaban J connectivity index is 1.73. The van der Waals surface area contributed by atoms with Gasteiger partial charge < -0.3 is 14.5 Å². The molecule has 0 saturated carbocycles. The highest BCUT2D eigenvalue weighted by Gasteiger charge is 2.30. The second-order valence-corrected chi connectivity index (χ2v) is 5.15. The average molecular weight is 271 g/mol. The molecular weight excluding hydrogens is 254 g/mol. The van der Waals surface area contributed by atoms with Crippen molar-refractivity contribution in [2.75, 3.05) is 42.6 Å². The summed E-state index contributed by atoms with van der Waals surface area (Å²) in [6.45, 7) is 3.83. The van der Waals surface area contributed by atoms with Crippen molar-refractivity contribution in [3.63, 3.8) is 0 Å². The Morgan fingerprint density at radius 3 is 2.40 bits per heavy atom. The molecule has 0 bridgehead atoms. The van der Waals surface area contributed by atoms with Crippen molar-refractivity contribution in [3.8, 4) is 6.07 Å². The van der Waals surface area contributed by atoms with Crippen LogP contribution in [0.1, 0.15) is 6.42 Å². The first-order valence-electron chi connectivity index (χ1n) is 6.90. The van der Waals surface area contributed by atoms with Crippen LogP contribution in [0.4, 0.5) is 11.4 Å². The number of nitriles is 1. The molecule has 2 saturated heterocycles. The summed E-state index contributed by atoms with van der Waals surface area (Å²) in [5.41, 5.74) is 2.03. The molecule has 0 radical (unpaired) electrons. The van der Waals surface area contributed by atoms with E-state index in [1.54, 1.807) is 4.90 Å². The van der Waals surface area contributed by atoms with Crippen LogP contribution < -0.4 is 9.80 Å². The maximum atomic E-state index is 11.9. The minimum atomic E-state index is -0.179. The van der Waals surface area contributed by atoms with Gasteiger partial charge in [0.1, 0.15) is 0 Å². The number of ether oxygens (including phenoxy) is 1. The molecule has 0 N–H and O–H groups in total. The maximum Gasteiger partial charge on any atom is 0.228 e. The highest BCUT2D eigenvalue weighted by atomic mass is 16.5. The molecule has 0 spiro atoms. The van der Waals surface area contributed by atoms with Crippen molar-refractivity contribution in [3.05, 3.63) is 24.3 Å². The predicted molar refractivity (Wildman–Crippen MR) is 75.5 cm³/mol. The van der Waals surface area contributed by atoms with Gasteiger partial charge in [0.25, 0.3) is 0 Å². The summed E-state index contributed by atoms with van der Waals surface area (Å²) >= 11 is 0. The number of hydrogen-bond acceptors (Lipinski definition) is 4. The second kappa shape index (κ2) is 5.51. The smallest absolute Gasteiger partial charge is 0.228 e. The lowest BCUT2D eigenvalue weighted by Gasteiger charge is -2.29. The Labute approximate surface area is 118 Å². The number of carbonyl (C=O) groups excluding carboxylic acids is 1. The van der Waals surface area contributed by atoms with E-state index in [1.807, 2.05) is 24.3 Å². The maximum absolute atomic E-state index is 11.9. The number of morpholine rings is 1. The summed E-state index contributed by atoms with van der Waals surface area (Å²) < 4.78 is 5.34. The molecule has 104 valence electrons. The van der Waals surface area contributed by atoms with Gasteiger partial charge >= 0.3 is 0 Å². The standard InChI is InChI=1S/C15H17N3O2/c16-10-12-9-15(19)18(11-12)14-3-1-13(2-4-14)17-5-7-20-8-6-17/h1-4,12H,5-9,11H2. The van der Waals surface area contributed by atoms with Gasteiger partial charge in [-0.2, -0.15) is 5.26 Å². The summed E-state index contributed by atoms with van der Waals surface area (Å²) in [5, 5.41) is 8.92. The predicted octanol–water partition coefficient (Wildman–Crippen LogP) is 1.40. The van der Waals surface area contributed by atoms with Crippen molar-refractivity contribution in [1.29, 1.82) is 5.26 Å². The van der Waals surface area contributed by atoms with Crippen LogP contribution in [-0.4, -0.2) is 38.8 Å². The first kappa shape index (κ1) is 12.9. The lowest BCUT2D eigenvalue weighted by atomic mass is 10.1. The topological polar surface area (TPSA) is 56.6 Å². The fraction of sp³-hybridized carbons (Fsp3) is 0.467. The van der Waals surface area contributed by atoms with E-state index in [-0.39, 0.29) is 11.8 Å². The lowest BCUT2D eigenvalue weighted by Crippen LogP contribution is -2.36. The Morgan fingerprint density at radius 1 is 1.15 bits per heavy atom. The minimum absolute atomic E-state index is 0.0377. The molecule has 2 fully saturated rings. The Kier molecular flexibility index (Phi) is 3.57. The number of carbonyl (C=O) groups is 1. The van der Waals surface area contributed by atoms with Crippen LogP contribution in [0.25, 0.3) is 0 Å². The van der Waals surface area contributed by atoms with Crippen LogP contribution in [0.15, 0.2) is 24.3 Å². The largest absolute Gasteiger partial charge is 0.378 e. The van der Waals surface area contributed by atoms with Gasteiger partial charge in [-0.15, -0.1) is 0 Å². The first-order chi connectivity index (χ1) is 9.78. The monoisotopic (exact) mass is 271 g/mol. The van der Waals surface area contributed by atoms with Gasteiger partial charge in [0.15, 0.2) is 0 Å². The van der Waals surface area contributed by atoms with Crippen LogP contribution in [0, 0.1) is 17.2 Å². The highest BCUT2D eigenvalue weighted by molar-refractivity contribution is 5.96. The Hall–Kier alpha value is -2.06. The zero-order valence-corrected chi connectivity index (χ0v) is 11.3. The van der Waals surface area contributed by atoms with Crippen LogP contribution >= 0.6 is 0 Å². The van der Waals surface area contributed by atoms with Gasteiger partial charge in [0.05, 0.1) is 25.2 Å². The number of anilines is 2. The van der Waals surface area contributed by atoms with E-state index in [4.69, 9.17) is 10.00 Å². The third-order valence-corrected chi connectivity index (χ3v) is 3.85. The Bertz CT molecular complexity index is 529. The first-order valence-corrected chi connectivity index (χ1v) is 6.90. The molecule has 20 heavy (non-hydrogen) atoms. The van der Waals surface area contributed by atoms with Crippen LogP contribution in [-0.2, 0) is 9.53 Å². The van der Waals surface area contributed by atoms with E-state index in [0.717, 1.165) is 37.7 Å². The summed E-state index contributed by atoms with van der Waals surface area (Å²) in [6, 6.07) is 10.2. The molecule has 1 aromatic carbocycles. The number of nitrogens with zero attached hydrogens (tertiary/aromatic N) is 3. The normalized spacial score (nSPS) is 22.9. The van der Waals surface area contributed by atoms with Crippen LogP contribution in [0.2, 0.25) is 0 Å². The molecule has 1 aromatic rings. The average Bonchev–Trinajstić information content (AvgIpc) is 2.89. The van der Waals surface area contributed by atoms with Gasteiger partial charge in [-0.25, -0.2) is 0 Å². The van der Waals surface area contributed by atoms with Crippen molar-refractivity contribution in [2.45, 2.75) is 6.42 Å². The summed E-state index contributed by atoms with van der Waals surface area (Å²) in [6.07, 6.45) is 0.335. The molecular formula is C15H17N3O2. The van der Waals surface area contributed by atoms with E-state index in [0.29, 0.717) is 13.0 Å². The van der Waals surface area contributed by atoms with Gasteiger partial charge in [-0.3, -0.25) is 4.79 Å². The third-order valence-electron chi connectivity index (χ3n) is 3.85. The SMILES string of the molecule is N#CC1CC(=O)N(c2ccc(N3CCOCC3)cc2)C1. The van der Waals surface area contributed by atoms with E-state index >= 15 is 0 Å². The van der Waals surface area contributed by atoms with E-state index in [2.05, 4.69) is 11.0 Å². The highest BCUT2D eigenvalue weighted by Crippen LogP contribution is 2.27. The molecule has 2 aliphatic rings. The van der Waals surface area contributed by atoms with Crippen LogP contribution in [0.5, 0.6) is 0 Å². The second-order valence-electron chi connectivity index (χ2n) is 5.15. The molecule has 0 aromatic heterocycles. The van der Waals surface area contributed by atoms with Crippen molar-refractivity contribution in [2.24, 2.45) is 5.92 Å². The van der Waals surface area contributed by atoms with Gasteiger partial charge in [-0.05, 0) is 24.3 Å². The minimum Gasteiger partial charge on any atom is -0.378 e. The molecule has 0 aliphatic carbocycles. The number of amides is 1. The third kappa shape index (κ3) is 2.47. The molecule has 5 nitrogen and oxygen atoms in total. The lowest BCUT2D eigenvalue weighted by molar-refractivity contribution is -0.117. The fourth-order valence-electron chi connectivity index (χ4n) is 2.71. The van der Waals surface area contributed by atoms with Gasteiger partial charge in [-0.1, -0.05) is 0 Å². The zero-order chi connectivity index (χ0) is 13.9. The quantitative estimate of drug-likeness (QED) is 0.816. The number of benzene rings is 1. The number of rotatable bonds is 2. The molecule has 1 amide bonds. The van der Waals surface area contributed by atoms with Crippen molar-refractivity contribution in [1.82, 2.24) is 0 Å². The van der Waals surface area contributed by atoms with E-state index in [1.165, 1.54) is 0 Å². The molecule has 3 rings (SSSR count). The summed E-state index contributed by atoms with van der Waals surface area (Å²) in [4.78, 5) is 15.9.